The van der Waals surface area contributed by atoms with Crippen LogP contribution in [0.4, 0.5) is 0 Å². The number of hydrogen-bond acceptors (Lipinski definition) is 3. The average Bonchev–Trinajstić information content (AvgIpc) is 2.44. The maximum atomic E-state index is 9.06. The lowest BCUT2D eigenvalue weighted by Gasteiger charge is -2.29. The standard InChI is InChI=1S/C9H18N2O/c10-11-8(6-12)5-7-3-1-2-4-9(7)11/h7-9,12H,1-6,10H2. The van der Waals surface area contributed by atoms with Gasteiger partial charge in [-0.15, -0.1) is 0 Å². The van der Waals surface area contributed by atoms with Crippen LogP contribution < -0.4 is 5.84 Å². The summed E-state index contributed by atoms with van der Waals surface area (Å²) in [6.07, 6.45) is 6.32. The van der Waals surface area contributed by atoms with Gasteiger partial charge in [-0.05, 0) is 25.2 Å². The highest BCUT2D eigenvalue weighted by atomic mass is 16.3. The maximum Gasteiger partial charge on any atom is 0.0601 e. The Kier molecular flexibility index (Phi) is 2.35. The van der Waals surface area contributed by atoms with Crippen LogP contribution in [0.1, 0.15) is 32.1 Å². The molecule has 0 spiro atoms. The van der Waals surface area contributed by atoms with Gasteiger partial charge in [-0.3, -0.25) is 5.84 Å². The molecule has 70 valence electrons. The number of aliphatic hydroxyl groups is 1. The van der Waals surface area contributed by atoms with Crippen LogP contribution in [0.15, 0.2) is 0 Å². The molecular formula is C9H18N2O. The summed E-state index contributed by atoms with van der Waals surface area (Å²) in [6, 6.07) is 0.800. The zero-order chi connectivity index (χ0) is 8.55. The number of aliphatic hydroxyl groups excluding tert-OH is 1. The second kappa shape index (κ2) is 3.32. The Morgan fingerprint density at radius 2 is 2.08 bits per heavy atom. The third kappa shape index (κ3) is 1.26. The SMILES string of the molecule is NN1C(CO)CC2CCCCC21. The van der Waals surface area contributed by atoms with Gasteiger partial charge >= 0.3 is 0 Å². The molecule has 2 rings (SSSR count). The van der Waals surface area contributed by atoms with E-state index in [9.17, 15) is 0 Å². The summed E-state index contributed by atoms with van der Waals surface area (Å²) >= 11 is 0. The lowest BCUT2D eigenvalue weighted by molar-refractivity contribution is 0.113. The summed E-state index contributed by atoms with van der Waals surface area (Å²) in [5.41, 5.74) is 0. The van der Waals surface area contributed by atoms with E-state index >= 15 is 0 Å². The van der Waals surface area contributed by atoms with E-state index in [0.29, 0.717) is 6.04 Å². The molecule has 3 unspecified atom stereocenters. The van der Waals surface area contributed by atoms with E-state index in [4.69, 9.17) is 10.9 Å². The van der Waals surface area contributed by atoms with Crippen LogP contribution in [0.3, 0.4) is 0 Å². The molecule has 1 saturated heterocycles. The van der Waals surface area contributed by atoms with Crippen molar-refractivity contribution in [2.24, 2.45) is 11.8 Å². The number of rotatable bonds is 1. The highest BCUT2D eigenvalue weighted by Crippen LogP contribution is 2.37. The van der Waals surface area contributed by atoms with E-state index in [-0.39, 0.29) is 12.6 Å². The van der Waals surface area contributed by atoms with Gasteiger partial charge in [0.05, 0.1) is 6.61 Å². The van der Waals surface area contributed by atoms with Crippen molar-refractivity contribution < 1.29 is 5.11 Å². The molecule has 3 heteroatoms. The van der Waals surface area contributed by atoms with Gasteiger partial charge in [-0.1, -0.05) is 12.8 Å². The highest BCUT2D eigenvalue weighted by Gasteiger charge is 2.39. The smallest absolute Gasteiger partial charge is 0.0601 e. The van der Waals surface area contributed by atoms with Gasteiger partial charge < -0.3 is 5.11 Å². The van der Waals surface area contributed by atoms with E-state index in [1.807, 2.05) is 5.01 Å². The molecule has 0 radical (unpaired) electrons. The van der Waals surface area contributed by atoms with Crippen molar-refractivity contribution in [3.63, 3.8) is 0 Å². The number of hydrazine groups is 1. The molecule has 12 heavy (non-hydrogen) atoms. The Bertz CT molecular complexity index is 161. The fourth-order valence-electron chi connectivity index (χ4n) is 2.77. The van der Waals surface area contributed by atoms with Crippen molar-refractivity contribution >= 4 is 0 Å². The fourth-order valence-corrected chi connectivity index (χ4v) is 2.77. The Balaban J connectivity index is 2.03. The number of hydrogen-bond donors (Lipinski definition) is 2. The van der Waals surface area contributed by atoms with Crippen LogP contribution >= 0.6 is 0 Å². The monoisotopic (exact) mass is 170 g/mol. The minimum Gasteiger partial charge on any atom is -0.395 e. The first kappa shape index (κ1) is 8.48. The normalized spacial score (nSPS) is 43.0. The number of nitrogens with zero attached hydrogens (tertiary/aromatic N) is 1. The molecule has 0 amide bonds. The van der Waals surface area contributed by atoms with E-state index < -0.39 is 0 Å². The predicted octanol–water partition coefficient (Wildman–Crippen LogP) is 0.485. The molecule has 0 aromatic rings. The topological polar surface area (TPSA) is 49.5 Å². The molecule has 0 aromatic heterocycles. The average molecular weight is 170 g/mol. The molecule has 0 bridgehead atoms. The van der Waals surface area contributed by atoms with Gasteiger partial charge in [0.15, 0.2) is 0 Å². The third-order valence-corrected chi connectivity index (χ3v) is 3.46. The van der Waals surface area contributed by atoms with Gasteiger partial charge in [0.1, 0.15) is 0 Å². The van der Waals surface area contributed by atoms with E-state index in [1.165, 1.54) is 25.7 Å². The van der Waals surface area contributed by atoms with Crippen LogP contribution in [-0.2, 0) is 0 Å². The van der Waals surface area contributed by atoms with Gasteiger partial charge in [-0.25, -0.2) is 5.01 Å². The molecule has 2 fully saturated rings. The predicted molar refractivity (Wildman–Crippen MR) is 47.3 cm³/mol. The lowest BCUT2D eigenvalue weighted by atomic mass is 9.85. The summed E-state index contributed by atoms with van der Waals surface area (Å²) < 4.78 is 0. The minimum absolute atomic E-state index is 0.226. The summed E-state index contributed by atoms with van der Waals surface area (Å²) in [5, 5.41) is 11.0. The van der Waals surface area contributed by atoms with Gasteiger partial charge in [0.2, 0.25) is 0 Å². The summed E-state index contributed by atoms with van der Waals surface area (Å²) in [7, 11) is 0. The highest BCUT2D eigenvalue weighted by molar-refractivity contribution is 4.92. The van der Waals surface area contributed by atoms with Crippen LogP contribution in [0, 0.1) is 5.92 Å². The second-order valence-electron chi connectivity index (χ2n) is 4.13. The van der Waals surface area contributed by atoms with E-state index in [0.717, 1.165) is 12.3 Å². The fraction of sp³-hybridized carbons (Fsp3) is 1.00. The van der Waals surface area contributed by atoms with Crippen molar-refractivity contribution in [3.05, 3.63) is 0 Å². The lowest BCUT2D eigenvalue weighted by Crippen LogP contribution is -2.45. The Morgan fingerprint density at radius 3 is 2.75 bits per heavy atom. The number of fused-ring (bicyclic) bond motifs is 1. The molecule has 2 aliphatic rings. The first-order valence-electron chi connectivity index (χ1n) is 4.97. The molecule has 3 nitrogen and oxygen atoms in total. The van der Waals surface area contributed by atoms with E-state index in [2.05, 4.69) is 0 Å². The molecule has 1 saturated carbocycles. The number of nitrogens with two attached hydrogens (primary N) is 1. The van der Waals surface area contributed by atoms with Gasteiger partial charge in [0.25, 0.3) is 0 Å². The van der Waals surface area contributed by atoms with Crippen LogP contribution in [0.2, 0.25) is 0 Å². The molecular weight excluding hydrogens is 152 g/mol. The van der Waals surface area contributed by atoms with E-state index in [1.54, 1.807) is 0 Å². The van der Waals surface area contributed by atoms with Crippen molar-refractivity contribution in [2.45, 2.75) is 44.2 Å². The largest absolute Gasteiger partial charge is 0.395 e. The molecule has 1 aliphatic carbocycles. The van der Waals surface area contributed by atoms with Crippen molar-refractivity contribution in [1.29, 1.82) is 0 Å². The van der Waals surface area contributed by atoms with Crippen molar-refractivity contribution in [1.82, 2.24) is 5.01 Å². The van der Waals surface area contributed by atoms with Crippen LogP contribution in [-0.4, -0.2) is 28.8 Å². The first-order chi connectivity index (χ1) is 5.83. The third-order valence-electron chi connectivity index (χ3n) is 3.46. The van der Waals surface area contributed by atoms with Gasteiger partial charge in [0, 0.05) is 12.1 Å². The molecule has 1 aliphatic heterocycles. The van der Waals surface area contributed by atoms with Crippen LogP contribution in [0.25, 0.3) is 0 Å². The first-order valence-corrected chi connectivity index (χ1v) is 4.97. The quantitative estimate of drug-likeness (QED) is 0.563. The molecule has 3 N–H and O–H groups in total. The molecule has 0 aromatic carbocycles. The summed E-state index contributed by atoms with van der Waals surface area (Å²) in [4.78, 5) is 0. The van der Waals surface area contributed by atoms with Crippen LogP contribution in [0.5, 0.6) is 0 Å². The molecule has 1 heterocycles. The zero-order valence-electron chi connectivity index (χ0n) is 7.45. The maximum absolute atomic E-state index is 9.06. The van der Waals surface area contributed by atoms with Gasteiger partial charge in [-0.2, -0.15) is 0 Å². The minimum atomic E-state index is 0.226. The van der Waals surface area contributed by atoms with Crippen molar-refractivity contribution in [2.75, 3.05) is 6.61 Å². The Hall–Kier alpha value is -0.120. The zero-order valence-corrected chi connectivity index (χ0v) is 7.45. The second-order valence-corrected chi connectivity index (χ2v) is 4.13. The van der Waals surface area contributed by atoms with Crippen molar-refractivity contribution in [3.8, 4) is 0 Å². The summed E-state index contributed by atoms with van der Waals surface area (Å²) in [6.45, 7) is 0.226. The molecule has 3 atom stereocenters. The Morgan fingerprint density at radius 1 is 1.33 bits per heavy atom. The Labute approximate surface area is 73.5 Å². The summed E-state index contributed by atoms with van der Waals surface area (Å²) in [5.74, 6) is 6.68.